The molecule has 7 nitrogen and oxygen atoms in total. The van der Waals surface area contributed by atoms with E-state index in [1.54, 1.807) is 17.9 Å². The molecule has 22 heavy (non-hydrogen) atoms. The van der Waals surface area contributed by atoms with Gasteiger partial charge in [-0.1, -0.05) is 5.16 Å². The van der Waals surface area contributed by atoms with Crippen molar-refractivity contribution >= 4 is 15.7 Å². The summed E-state index contributed by atoms with van der Waals surface area (Å²) in [5, 5.41) is 3.77. The minimum atomic E-state index is -2.82. The zero-order chi connectivity index (χ0) is 15.7. The summed E-state index contributed by atoms with van der Waals surface area (Å²) in [6.45, 7) is 4.63. The lowest BCUT2D eigenvalue weighted by atomic mass is 10.1. The van der Waals surface area contributed by atoms with Gasteiger partial charge in [0.05, 0.1) is 11.5 Å². The highest BCUT2D eigenvalue weighted by Crippen LogP contribution is 2.20. The summed E-state index contributed by atoms with van der Waals surface area (Å²) in [6.07, 6.45) is 1.41. The number of amides is 1. The molecule has 122 valence electrons. The normalized spacial score (nSPS) is 23.6. The zero-order valence-corrected chi connectivity index (χ0v) is 13.5. The fourth-order valence-electron chi connectivity index (χ4n) is 3.16. The Morgan fingerprint density at radius 1 is 1.23 bits per heavy atom. The Balaban J connectivity index is 1.53. The molecule has 1 aromatic rings. The van der Waals surface area contributed by atoms with Crippen LogP contribution in [0.4, 0.5) is 0 Å². The lowest BCUT2D eigenvalue weighted by Gasteiger charge is -2.40. The van der Waals surface area contributed by atoms with Crippen molar-refractivity contribution in [1.82, 2.24) is 15.0 Å². The van der Waals surface area contributed by atoms with E-state index in [1.165, 1.54) is 0 Å². The van der Waals surface area contributed by atoms with Crippen molar-refractivity contribution < 1.29 is 17.7 Å². The van der Waals surface area contributed by atoms with Crippen LogP contribution in [0.2, 0.25) is 0 Å². The number of carbonyl (C=O) groups is 1. The fraction of sp³-hybridized carbons (Fsp3) is 0.714. The second-order valence-electron chi connectivity index (χ2n) is 6.03. The van der Waals surface area contributed by atoms with Crippen LogP contribution in [0.3, 0.4) is 0 Å². The molecule has 0 saturated carbocycles. The summed E-state index contributed by atoms with van der Waals surface area (Å²) in [4.78, 5) is 16.4. The number of carbonyl (C=O) groups excluding carboxylic acids is 1. The Morgan fingerprint density at radius 3 is 2.41 bits per heavy atom. The predicted molar refractivity (Wildman–Crippen MR) is 80.4 cm³/mol. The van der Waals surface area contributed by atoms with E-state index in [1.807, 2.05) is 0 Å². The van der Waals surface area contributed by atoms with Crippen LogP contribution in [0.25, 0.3) is 0 Å². The number of sulfone groups is 1. The molecular weight excluding hydrogens is 306 g/mol. The zero-order valence-electron chi connectivity index (χ0n) is 12.7. The predicted octanol–water partition coefficient (Wildman–Crippen LogP) is 0.318. The van der Waals surface area contributed by atoms with Gasteiger partial charge in [0, 0.05) is 38.3 Å². The third-order valence-electron chi connectivity index (χ3n) is 4.49. The van der Waals surface area contributed by atoms with E-state index in [2.05, 4.69) is 10.1 Å². The smallest absolute Gasteiger partial charge is 0.276 e. The van der Waals surface area contributed by atoms with Gasteiger partial charge in [-0.25, -0.2) is 8.42 Å². The van der Waals surface area contributed by atoms with Crippen LogP contribution in [-0.2, 0) is 9.84 Å². The molecule has 0 unspecified atom stereocenters. The third-order valence-corrected chi connectivity index (χ3v) is 6.20. The first-order valence-electron chi connectivity index (χ1n) is 7.62. The van der Waals surface area contributed by atoms with Crippen molar-refractivity contribution in [3.05, 3.63) is 17.5 Å². The summed E-state index contributed by atoms with van der Waals surface area (Å²) < 4.78 is 27.9. The minimum Gasteiger partial charge on any atom is -0.361 e. The van der Waals surface area contributed by atoms with E-state index >= 15 is 0 Å². The third kappa shape index (κ3) is 3.33. The number of piperazine rings is 1. The molecule has 0 aromatic carbocycles. The van der Waals surface area contributed by atoms with E-state index < -0.39 is 9.84 Å². The second-order valence-corrected chi connectivity index (χ2v) is 8.34. The highest BCUT2D eigenvalue weighted by atomic mass is 32.2. The largest absolute Gasteiger partial charge is 0.361 e. The Morgan fingerprint density at radius 2 is 1.86 bits per heavy atom. The number of aryl methyl sites for hydroxylation is 1. The van der Waals surface area contributed by atoms with Crippen LogP contribution in [0.15, 0.2) is 10.6 Å². The van der Waals surface area contributed by atoms with Crippen LogP contribution >= 0.6 is 0 Å². The lowest BCUT2D eigenvalue weighted by Crippen LogP contribution is -2.53. The molecule has 8 heteroatoms. The first-order chi connectivity index (χ1) is 10.4. The maximum absolute atomic E-state index is 12.3. The Bertz CT molecular complexity index is 633. The molecule has 2 saturated heterocycles. The molecule has 0 spiro atoms. The van der Waals surface area contributed by atoms with E-state index in [0.717, 1.165) is 13.1 Å². The summed E-state index contributed by atoms with van der Waals surface area (Å²) in [6, 6.07) is 1.98. The Labute approximate surface area is 130 Å². The van der Waals surface area contributed by atoms with Crippen LogP contribution in [-0.4, -0.2) is 73.0 Å². The molecule has 1 amide bonds. The molecule has 2 fully saturated rings. The molecule has 1 aromatic heterocycles. The van der Waals surface area contributed by atoms with Crippen LogP contribution < -0.4 is 0 Å². The number of hydrogen-bond donors (Lipinski definition) is 0. The quantitative estimate of drug-likeness (QED) is 0.778. The highest BCUT2D eigenvalue weighted by molar-refractivity contribution is 7.91. The van der Waals surface area contributed by atoms with Gasteiger partial charge in [0.15, 0.2) is 5.69 Å². The minimum absolute atomic E-state index is 0.0947. The van der Waals surface area contributed by atoms with Gasteiger partial charge < -0.3 is 9.42 Å². The molecule has 0 radical (unpaired) electrons. The standard InChI is InChI=1S/C14H21N3O4S/c1-11-10-13(15-21-11)14(18)17-6-4-16(5-7-17)12-2-8-22(19,20)9-3-12/h10,12H,2-9H2,1H3. The molecule has 0 N–H and O–H groups in total. The summed E-state index contributed by atoms with van der Waals surface area (Å²) in [5.41, 5.74) is 0.356. The van der Waals surface area contributed by atoms with Gasteiger partial charge in [-0.05, 0) is 19.8 Å². The van der Waals surface area contributed by atoms with Crippen molar-refractivity contribution in [2.24, 2.45) is 0 Å². The fourth-order valence-corrected chi connectivity index (χ4v) is 4.63. The van der Waals surface area contributed by atoms with Gasteiger partial charge in [-0.3, -0.25) is 9.69 Å². The molecule has 2 aliphatic rings. The number of rotatable bonds is 2. The molecular formula is C14H21N3O4S. The van der Waals surface area contributed by atoms with Crippen LogP contribution in [0, 0.1) is 6.92 Å². The second kappa shape index (κ2) is 6.00. The van der Waals surface area contributed by atoms with E-state index in [4.69, 9.17) is 4.52 Å². The summed E-state index contributed by atoms with van der Waals surface area (Å²) in [5.74, 6) is 1.11. The van der Waals surface area contributed by atoms with Gasteiger partial charge in [-0.2, -0.15) is 0 Å². The molecule has 3 rings (SSSR count). The van der Waals surface area contributed by atoms with Crippen molar-refractivity contribution in [3.8, 4) is 0 Å². The monoisotopic (exact) mass is 327 g/mol. The van der Waals surface area contributed by atoms with Gasteiger partial charge in [0.2, 0.25) is 0 Å². The Kier molecular flexibility index (Phi) is 4.22. The van der Waals surface area contributed by atoms with Crippen molar-refractivity contribution in [3.63, 3.8) is 0 Å². The maximum Gasteiger partial charge on any atom is 0.276 e. The van der Waals surface area contributed by atoms with Crippen LogP contribution in [0.5, 0.6) is 0 Å². The highest BCUT2D eigenvalue weighted by Gasteiger charge is 2.31. The first-order valence-corrected chi connectivity index (χ1v) is 9.44. The molecule has 2 aliphatic heterocycles. The molecule has 0 aliphatic carbocycles. The summed E-state index contributed by atoms with van der Waals surface area (Å²) in [7, 11) is -2.82. The molecule has 0 bridgehead atoms. The van der Waals surface area contributed by atoms with Gasteiger partial charge >= 0.3 is 0 Å². The first kappa shape index (κ1) is 15.5. The number of nitrogens with zero attached hydrogens (tertiary/aromatic N) is 3. The topological polar surface area (TPSA) is 83.7 Å². The summed E-state index contributed by atoms with van der Waals surface area (Å²) >= 11 is 0. The lowest BCUT2D eigenvalue weighted by molar-refractivity contribution is 0.0549. The van der Waals surface area contributed by atoms with Crippen LogP contribution in [0.1, 0.15) is 29.1 Å². The van der Waals surface area contributed by atoms with E-state index in [-0.39, 0.29) is 17.4 Å². The SMILES string of the molecule is Cc1cc(C(=O)N2CCN(C3CCS(=O)(=O)CC3)CC2)no1. The maximum atomic E-state index is 12.3. The Hall–Kier alpha value is -1.41. The van der Waals surface area contributed by atoms with E-state index in [0.29, 0.717) is 43.4 Å². The molecule has 0 atom stereocenters. The van der Waals surface area contributed by atoms with Gasteiger partial charge in [0.1, 0.15) is 15.6 Å². The van der Waals surface area contributed by atoms with Crippen molar-refractivity contribution in [2.75, 3.05) is 37.7 Å². The van der Waals surface area contributed by atoms with Gasteiger partial charge in [-0.15, -0.1) is 0 Å². The average molecular weight is 327 g/mol. The number of hydrogen-bond acceptors (Lipinski definition) is 6. The molecule has 3 heterocycles. The number of aromatic nitrogens is 1. The van der Waals surface area contributed by atoms with E-state index in [9.17, 15) is 13.2 Å². The average Bonchev–Trinajstić information content (AvgIpc) is 2.93. The van der Waals surface area contributed by atoms with Crippen molar-refractivity contribution in [1.29, 1.82) is 0 Å². The van der Waals surface area contributed by atoms with Crippen molar-refractivity contribution in [2.45, 2.75) is 25.8 Å². The van der Waals surface area contributed by atoms with Gasteiger partial charge in [0.25, 0.3) is 5.91 Å².